The van der Waals surface area contributed by atoms with Crippen molar-refractivity contribution in [3.8, 4) is 83.4 Å². The van der Waals surface area contributed by atoms with E-state index in [2.05, 4.69) is 64.1 Å². The van der Waals surface area contributed by atoms with Crippen LogP contribution in [0.15, 0.2) is 0 Å². The zero-order valence-corrected chi connectivity index (χ0v) is 10.9. The summed E-state index contributed by atoms with van der Waals surface area (Å²) in [5.41, 5.74) is 11.6. The van der Waals surface area contributed by atoms with Gasteiger partial charge in [-0.15, -0.1) is 25.2 Å². The van der Waals surface area contributed by atoms with Crippen molar-refractivity contribution in [3.05, 3.63) is 0 Å². The van der Waals surface area contributed by atoms with Crippen molar-refractivity contribution >= 4 is 15.2 Å². The molecule has 0 radical (unpaired) electrons. The molecule has 1 atom stereocenters. The molecule has 0 rings (SSSR count). The zero-order valence-electron chi connectivity index (χ0n) is 9.13. The molecule has 0 aromatic rings. The van der Waals surface area contributed by atoms with Gasteiger partial charge in [-0.05, 0) is 59.4 Å². The Morgan fingerprint density at radius 1 is 0.647 bits per heavy atom. The van der Waals surface area contributed by atoms with E-state index in [9.17, 15) is 0 Å². The van der Waals surface area contributed by atoms with Gasteiger partial charge in [-0.1, -0.05) is 5.66 Å². The van der Waals surface area contributed by atoms with Crippen LogP contribution in [0.5, 0.6) is 0 Å². The van der Waals surface area contributed by atoms with Crippen LogP contribution in [0.4, 0.5) is 0 Å². The summed E-state index contributed by atoms with van der Waals surface area (Å²) in [6, 6.07) is 0. The Hall–Kier alpha value is -2.22. The van der Waals surface area contributed by atoms with Gasteiger partial charge in [-0.2, -0.15) is 0 Å². The summed E-state index contributed by atoms with van der Waals surface area (Å²) < 4.78 is 0. The third kappa shape index (κ3) is 6.79. The molecule has 0 saturated carbocycles. The third-order valence-corrected chi connectivity index (χ3v) is 5.33. The Labute approximate surface area is 106 Å². The van der Waals surface area contributed by atoms with Gasteiger partial charge >= 0.3 is 0 Å². The van der Waals surface area contributed by atoms with E-state index >= 15 is 0 Å². The van der Waals surface area contributed by atoms with Gasteiger partial charge in [0.2, 0.25) is 0 Å². The molecule has 0 nitrogen and oxygen atoms in total. The van der Waals surface area contributed by atoms with Gasteiger partial charge < -0.3 is 0 Å². The van der Waals surface area contributed by atoms with Gasteiger partial charge in [-0.25, -0.2) is 0 Å². The summed E-state index contributed by atoms with van der Waals surface area (Å²) in [6.07, 6.45) is 15.2. The number of hydrogen-bond acceptors (Lipinski definition) is 0. The lowest BCUT2D eigenvalue weighted by molar-refractivity contribution is 1.93. The van der Waals surface area contributed by atoms with Gasteiger partial charge in [0, 0.05) is 0 Å². The van der Waals surface area contributed by atoms with Crippen LogP contribution in [0.2, 0.25) is 0 Å². The van der Waals surface area contributed by atoms with Gasteiger partial charge in [0.1, 0.15) is 15.2 Å². The molecule has 0 aliphatic heterocycles. The second-order valence-corrected chi connectivity index (χ2v) is 6.67. The predicted octanol–water partition coefficient (Wildman–Crippen LogP) is 2.63. The highest BCUT2D eigenvalue weighted by molar-refractivity contribution is 8.38. The molecule has 0 spiro atoms. The smallest absolute Gasteiger partial charge is 0.102 e. The van der Waals surface area contributed by atoms with Gasteiger partial charge in [0.25, 0.3) is 0 Å². The van der Waals surface area contributed by atoms with Gasteiger partial charge in [0.05, 0.1) is 0 Å². The van der Waals surface area contributed by atoms with Crippen molar-refractivity contribution in [1.29, 1.82) is 0 Å². The number of terminal acetylenes is 3. The summed E-state index contributed by atoms with van der Waals surface area (Å²) in [4.78, 5) is 0. The molecule has 2 heteroatoms. The minimum Gasteiger partial charge on any atom is -0.106 e. The minimum atomic E-state index is -1.04. The van der Waals surface area contributed by atoms with Crippen LogP contribution in [0.25, 0.3) is 0 Å². The van der Waals surface area contributed by atoms with Crippen LogP contribution in [0.1, 0.15) is 6.92 Å². The molecule has 1 unspecified atom stereocenters. The third-order valence-electron chi connectivity index (χ3n) is 1.12. The highest BCUT2D eigenvalue weighted by atomic mass is 32.1. The zero-order chi connectivity index (χ0) is 12.9. The maximum atomic E-state index is 5.08. The Kier molecular flexibility index (Phi) is 8.96. The first kappa shape index (κ1) is 14.8. The number of rotatable bonds is 1. The van der Waals surface area contributed by atoms with Crippen LogP contribution in [-0.2, 0) is 0 Å². The van der Waals surface area contributed by atoms with Crippen molar-refractivity contribution in [2.45, 2.75) is 6.92 Å². The second kappa shape index (κ2) is 10.3. The molecule has 0 aliphatic rings. The SMILES string of the molecule is C#CC#CP(C#CC)P(C#CC#C)C#CC#C. The molecule has 76 valence electrons. The van der Waals surface area contributed by atoms with Crippen molar-refractivity contribution in [1.82, 2.24) is 0 Å². The predicted molar refractivity (Wildman–Crippen MR) is 77.1 cm³/mol. The van der Waals surface area contributed by atoms with E-state index in [0.29, 0.717) is 0 Å². The molecule has 0 aromatic carbocycles. The summed E-state index contributed by atoms with van der Waals surface area (Å²) >= 11 is 0. The van der Waals surface area contributed by atoms with Gasteiger partial charge in [-0.3, -0.25) is 0 Å². The quantitative estimate of drug-likeness (QED) is 0.494. The van der Waals surface area contributed by atoms with Crippen molar-refractivity contribution in [3.63, 3.8) is 0 Å². The van der Waals surface area contributed by atoms with Gasteiger partial charge in [0.15, 0.2) is 0 Å². The maximum Gasteiger partial charge on any atom is 0.102 e. The number of hydrogen-bond donors (Lipinski definition) is 0. The fraction of sp³-hybridized carbons (Fsp3) is 0.0667. The second-order valence-electron chi connectivity index (χ2n) is 2.13. The average molecular weight is 248 g/mol. The first-order valence-electron chi connectivity index (χ1n) is 4.21. The van der Waals surface area contributed by atoms with Crippen LogP contribution < -0.4 is 0 Å². The van der Waals surface area contributed by atoms with E-state index in [1.165, 1.54) is 0 Å². The van der Waals surface area contributed by atoms with Crippen molar-refractivity contribution < 1.29 is 0 Å². The summed E-state index contributed by atoms with van der Waals surface area (Å²) in [6.45, 7) is 1.73. The van der Waals surface area contributed by atoms with Crippen molar-refractivity contribution in [2.75, 3.05) is 0 Å². The van der Waals surface area contributed by atoms with E-state index < -0.39 is 15.2 Å². The van der Waals surface area contributed by atoms with Crippen LogP contribution in [-0.4, -0.2) is 0 Å². The molecule has 0 aromatic heterocycles. The molecule has 0 aliphatic carbocycles. The molecule has 0 saturated heterocycles. The monoisotopic (exact) mass is 248 g/mol. The average Bonchev–Trinajstić information content (AvgIpc) is 2.35. The van der Waals surface area contributed by atoms with E-state index in [1.807, 2.05) is 0 Å². The lowest BCUT2D eigenvalue weighted by atomic mass is 10.7. The first-order valence-corrected chi connectivity index (χ1v) is 7.60. The Bertz CT molecular complexity index is 600. The highest BCUT2D eigenvalue weighted by Crippen LogP contribution is 2.66. The molecule has 0 N–H and O–H groups in total. The van der Waals surface area contributed by atoms with E-state index in [0.717, 1.165) is 0 Å². The lowest BCUT2D eigenvalue weighted by Gasteiger charge is -2.03. The molecule has 0 amide bonds. The fourth-order valence-electron chi connectivity index (χ4n) is 0.617. The van der Waals surface area contributed by atoms with E-state index in [4.69, 9.17) is 19.3 Å². The first-order chi connectivity index (χ1) is 8.29. The van der Waals surface area contributed by atoms with Crippen molar-refractivity contribution in [2.24, 2.45) is 0 Å². The normalized spacial score (nSPS) is 7.71. The van der Waals surface area contributed by atoms with Crippen LogP contribution in [0.3, 0.4) is 0 Å². The largest absolute Gasteiger partial charge is 0.106 e. The molecular formula is C15H6P2. The minimum absolute atomic E-state index is 0.992. The van der Waals surface area contributed by atoms with Crippen LogP contribution >= 0.6 is 15.2 Å². The molecule has 17 heavy (non-hydrogen) atoms. The molecule has 0 heterocycles. The molecule has 0 fully saturated rings. The fourth-order valence-corrected chi connectivity index (χ4v) is 3.80. The van der Waals surface area contributed by atoms with E-state index in [1.54, 1.807) is 6.92 Å². The Morgan fingerprint density at radius 2 is 1.00 bits per heavy atom. The topological polar surface area (TPSA) is 0 Å². The summed E-state index contributed by atoms with van der Waals surface area (Å²) in [5.74, 6) is 17.1. The highest BCUT2D eigenvalue weighted by Gasteiger charge is 2.12. The molecular weight excluding hydrogens is 242 g/mol. The maximum absolute atomic E-state index is 5.08. The Balaban J connectivity index is 5.38. The summed E-state index contributed by atoms with van der Waals surface area (Å²) in [5, 5.41) is 0. The standard InChI is InChI=1S/C15H6P2/c1-5-9-13-16(12-8-4)17(14-10-6-2)15-11-7-3/h1-3H,4H3. The van der Waals surface area contributed by atoms with E-state index in [-0.39, 0.29) is 0 Å². The van der Waals surface area contributed by atoms with Crippen LogP contribution in [0, 0.1) is 83.4 Å². The lowest BCUT2D eigenvalue weighted by Crippen LogP contribution is -1.65. The Morgan fingerprint density at radius 3 is 1.29 bits per heavy atom. The summed E-state index contributed by atoms with van der Waals surface area (Å²) in [7, 11) is -2.03. The molecule has 0 bridgehead atoms.